The molecule has 0 bridgehead atoms. The molecular formula is C38H44O8. The second-order valence-corrected chi connectivity index (χ2v) is 13.1. The Balaban J connectivity index is 1.55. The number of carbonyl (C=O) groups excluding carboxylic acids is 4. The SMILES string of the molecule is C=C(C)CCC1(CCC(=C)C)OC(=O)C(c2ccc3cc(C4C(=O)OC(CCC(=C)C)(CCC(=C)C)OC4=O)ccc3c2)C(=O)O1. The fourth-order valence-corrected chi connectivity index (χ4v) is 5.66. The molecule has 2 saturated heterocycles. The number of cyclic esters (lactones) is 4. The monoisotopic (exact) mass is 628 g/mol. The number of carbonyl (C=O) groups is 4. The predicted octanol–water partition coefficient (Wildman–Crippen LogP) is 8.02. The van der Waals surface area contributed by atoms with Crippen LogP contribution in [0, 0.1) is 0 Å². The maximum absolute atomic E-state index is 13.3. The van der Waals surface area contributed by atoms with Crippen LogP contribution in [0.1, 0.15) is 102 Å². The lowest BCUT2D eigenvalue weighted by molar-refractivity contribution is -0.253. The molecule has 0 aromatic heterocycles. The number of allylic oxidation sites excluding steroid dienone is 4. The molecule has 46 heavy (non-hydrogen) atoms. The van der Waals surface area contributed by atoms with Crippen molar-refractivity contribution in [1.82, 2.24) is 0 Å². The predicted molar refractivity (Wildman–Crippen MR) is 175 cm³/mol. The maximum Gasteiger partial charge on any atom is 0.328 e. The topological polar surface area (TPSA) is 105 Å². The Hall–Kier alpha value is -4.46. The van der Waals surface area contributed by atoms with Gasteiger partial charge in [-0.25, -0.2) is 0 Å². The number of benzene rings is 2. The molecule has 2 fully saturated rings. The van der Waals surface area contributed by atoms with Crippen molar-refractivity contribution < 1.29 is 38.1 Å². The third-order valence-corrected chi connectivity index (χ3v) is 8.37. The van der Waals surface area contributed by atoms with Gasteiger partial charge in [-0.1, -0.05) is 46.6 Å². The van der Waals surface area contributed by atoms with Crippen molar-refractivity contribution in [2.24, 2.45) is 0 Å². The second kappa shape index (κ2) is 13.9. The van der Waals surface area contributed by atoms with Crippen LogP contribution < -0.4 is 0 Å². The van der Waals surface area contributed by atoms with E-state index >= 15 is 0 Å². The van der Waals surface area contributed by atoms with Crippen LogP contribution in [0.3, 0.4) is 0 Å². The van der Waals surface area contributed by atoms with Crippen molar-refractivity contribution >= 4 is 34.6 Å². The van der Waals surface area contributed by atoms with Gasteiger partial charge < -0.3 is 18.9 Å². The van der Waals surface area contributed by atoms with E-state index in [0.717, 1.165) is 22.3 Å². The summed E-state index contributed by atoms with van der Waals surface area (Å²) in [7, 11) is 0. The molecule has 0 radical (unpaired) electrons. The van der Waals surface area contributed by atoms with Gasteiger partial charge in [0.05, 0.1) is 0 Å². The lowest BCUT2D eigenvalue weighted by atomic mass is 9.90. The highest BCUT2D eigenvalue weighted by Gasteiger charge is 2.50. The fraction of sp³-hybridized carbons (Fsp3) is 0.421. The lowest BCUT2D eigenvalue weighted by Gasteiger charge is -2.39. The summed E-state index contributed by atoms with van der Waals surface area (Å²) in [6.45, 7) is 23.1. The molecule has 8 heteroatoms. The highest BCUT2D eigenvalue weighted by atomic mass is 16.8. The number of ether oxygens (including phenoxy) is 4. The van der Waals surface area contributed by atoms with Gasteiger partial charge >= 0.3 is 23.9 Å². The zero-order chi connectivity index (χ0) is 33.8. The Bertz CT molecular complexity index is 1420. The number of hydrogen-bond acceptors (Lipinski definition) is 8. The summed E-state index contributed by atoms with van der Waals surface area (Å²) in [6, 6.07) is 10.2. The molecular weight excluding hydrogens is 584 g/mol. The van der Waals surface area contributed by atoms with Crippen LogP contribution in [-0.2, 0) is 38.1 Å². The first-order valence-corrected chi connectivity index (χ1v) is 15.7. The standard InChI is InChI=1S/C38H44O8/c1-23(2)13-17-37(18-14-24(3)4)43-33(39)31(34(40)44-37)29-11-9-28-22-30(12-10-27(28)21-29)32-35(41)45-38(46-36(32)42,19-15-25(5)6)20-16-26(7)8/h9-12,21-22,31-32H,1,3,5,7,13-20H2,2,4,6,8H3. The maximum atomic E-state index is 13.3. The van der Waals surface area contributed by atoms with Crippen molar-refractivity contribution in [1.29, 1.82) is 0 Å². The van der Waals surface area contributed by atoms with E-state index in [4.69, 9.17) is 18.9 Å². The summed E-state index contributed by atoms with van der Waals surface area (Å²) in [6.07, 6.45) is 3.39. The molecule has 0 unspecified atom stereocenters. The molecule has 0 atom stereocenters. The number of esters is 4. The summed E-state index contributed by atoms with van der Waals surface area (Å²) in [5.41, 5.74) is 4.38. The Morgan fingerprint density at radius 3 is 1.02 bits per heavy atom. The minimum absolute atomic E-state index is 0.315. The molecule has 0 N–H and O–H groups in total. The number of fused-ring (bicyclic) bond motifs is 1. The summed E-state index contributed by atoms with van der Waals surface area (Å²) in [5.74, 6) is -7.94. The minimum atomic E-state index is -1.37. The third-order valence-electron chi connectivity index (χ3n) is 8.37. The average Bonchev–Trinajstić information content (AvgIpc) is 2.96. The smallest absolute Gasteiger partial charge is 0.328 e. The van der Waals surface area contributed by atoms with E-state index in [1.54, 1.807) is 36.4 Å². The summed E-state index contributed by atoms with van der Waals surface area (Å²) in [5, 5.41) is 1.39. The zero-order valence-electron chi connectivity index (χ0n) is 27.4. The van der Waals surface area contributed by atoms with Crippen LogP contribution in [-0.4, -0.2) is 35.5 Å². The first kappa shape index (κ1) is 34.4. The second-order valence-electron chi connectivity index (χ2n) is 13.1. The average molecular weight is 629 g/mol. The molecule has 2 aliphatic heterocycles. The van der Waals surface area contributed by atoms with Crippen molar-refractivity contribution in [2.75, 3.05) is 0 Å². The van der Waals surface area contributed by atoms with Crippen LogP contribution in [0.4, 0.5) is 0 Å². The Kier molecular flexibility index (Phi) is 10.4. The van der Waals surface area contributed by atoms with Gasteiger partial charge in [0.1, 0.15) is 0 Å². The van der Waals surface area contributed by atoms with Gasteiger partial charge in [0.15, 0.2) is 11.8 Å². The van der Waals surface area contributed by atoms with Gasteiger partial charge in [-0.05, 0) is 87.4 Å². The zero-order valence-corrected chi connectivity index (χ0v) is 27.4. The van der Waals surface area contributed by atoms with Crippen LogP contribution >= 0.6 is 0 Å². The Labute approximate surface area is 271 Å². The van der Waals surface area contributed by atoms with Crippen molar-refractivity contribution in [2.45, 2.75) is 102 Å². The molecule has 8 nitrogen and oxygen atoms in total. The van der Waals surface area contributed by atoms with Gasteiger partial charge in [0.2, 0.25) is 0 Å². The van der Waals surface area contributed by atoms with E-state index < -0.39 is 47.3 Å². The van der Waals surface area contributed by atoms with Gasteiger partial charge in [0, 0.05) is 25.7 Å². The molecule has 2 heterocycles. The van der Waals surface area contributed by atoms with Crippen LogP contribution in [0.2, 0.25) is 0 Å². The molecule has 2 aromatic rings. The van der Waals surface area contributed by atoms with Crippen molar-refractivity contribution in [3.8, 4) is 0 Å². The highest BCUT2D eigenvalue weighted by Crippen LogP contribution is 2.40. The van der Waals surface area contributed by atoms with Gasteiger partial charge in [0.25, 0.3) is 11.6 Å². The molecule has 0 amide bonds. The normalized spacial score (nSPS) is 17.9. The van der Waals surface area contributed by atoms with E-state index in [2.05, 4.69) is 26.3 Å². The molecule has 244 valence electrons. The fourth-order valence-electron chi connectivity index (χ4n) is 5.66. The van der Waals surface area contributed by atoms with Gasteiger partial charge in [-0.2, -0.15) is 0 Å². The first-order chi connectivity index (χ1) is 21.6. The minimum Gasteiger partial charge on any atom is -0.422 e. The quantitative estimate of drug-likeness (QED) is 0.118. The third kappa shape index (κ3) is 8.03. The van der Waals surface area contributed by atoms with E-state index in [9.17, 15) is 19.2 Å². The molecule has 4 rings (SSSR count). The van der Waals surface area contributed by atoms with Crippen LogP contribution in [0.25, 0.3) is 10.8 Å². The Morgan fingerprint density at radius 1 is 0.522 bits per heavy atom. The van der Waals surface area contributed by atoms with Crippen LogP contribution in [0.5, 0.6) is 0 Å². The number of hydrogen-bond donors (Lipinski definition) is 0. The number of rotatable bonds is 14. The lowest BCUT2D eigenvalue weighted by Crippen LogP contribution is -2.49. The first-order valence-electron chi connectivity index (χ1n) is 15.7. The summed E-state index contributed by atoms with van der Waals surface area (Å²) >= 11 is 0. The molecule has 2 aliphatic rings. The summed E-state index contributed by atoms with van der Waals surface area (Å²) < 4.78 is 23.4. The highest BCUT2D eigenvalue weighted by molar-refractivity contribution is 6.04. The largest absolute Gasteiger partial charge is 0.422 e. The van der Waals surface area contributed by atoms with Gasteiger partial charge in [-0.15, -0.1) is 26.3 Å². The van der Waals surface area contributed by atoms with E-state index in [0.29, 0.717) is 73.3 Å². The van der Waals surface area contributed by atoms with Crippen molar-refractivity contribution in [3.63, 3.8) is 0 Å². The molecule has 0 saturated carbocycles. The Morgan fingerprint density at radius 2 is 0.783 bits per heavy atom. The van der Waals surface area contributed by atoms with E-state index in [1.807, 2.05) is 27.7 Å². The van der Waals surface area contributed by atoms with E-state index in [-0.39, 0.29) is 0 Å². The van der Waals surface area contributed by atoms with Crippen LogP contribution in [0.15, 0.2) is 85.0 Å². The van der Waals surface area contributed by atoms with Gasteiger partial charge in [-0.3, -0.25) is 19.2 Å². The van der Waals surface area contributed by atoms with E-state index in [1.165, 1.54) is 0 Å². The molecule has 0 aliphatic carbocycles. The summed E-state index contributed by atoms with van der Waals surface area (Å²) in [4.78, 5) is 53.3. The molecule has 2 aromatic carbocycles. The van der Waals surface area contributed by atoms with Crippen molar-refractivity contribution in [3.05, 3.63) is 96.1 Å². The molecule has 0 spiro atoms.